The zero-order valence-corrected chi connectivity index (χ0v) is 15.5. The lowest BCUT2D eigenvalue weighted by atomic mass is 10.1. The van der Waals surface area contributed by atoms with Gasteiger partial charge in [0.2, 0.25) is 0 Å². The average Bonchev–Trinajstić information content (AvgIpc) is 3.27. The number of carbonyl (C=O) groups is 2. The van der Waals surface area contributed by atoms with E-state index in [0.29, 0.717) is 42.2 Å². The SMILES string of the molecule is COc1cc(C(=O)N2CCC[C@H]2C(=O)O)ccc1OCc1c(C)noc1C. The Morgan fingerprint density at radius 3 is 2.74 bits per heavy atom. The van der Waals surface area contributed by atoms with Crippen molar-refractivity contribution in [1.29, 1.82) is 0 Å². The normalized spacial score (nSPS) is 16.4. The maximum atomic E-state index is 12.7. The van der Waals surface area contributed by atoms with Gasteiger partial charge in [-0.15, -0.1) is 0 Å². The standard InChI is InChI=1S/C19H22N2O6/c1-11-14(12(2)27-20-11)10-26-16-7-6-13(9-17(16)25-3)18(22)21-8-4-5-15(21)19(23)24/h6-7,9,15H,4-5,8,10H2,1-3H3,(H,23,24)/t15-/m0/s1. The highest BCUT2D eigenvalue weighted by molar-refractivity contribution is 5.97. The topological polar surface area (TPSA) is 102 Å². The highest BCUT2D eigenvalue weighted by Crippen LogP contribution is 2.31. The molecule has 0 radical (unpaired) electrons. The summed E-state index contributed by atoms with van der Waals surface area (Å²) in [6, 6.07) is 4.06. The van der Waals surface area contributed by atoms with E-state index in [1.54, 1.807) is 18.2 Å². The molecule has 2 heterocycles. The third kappa shape index (κ3) is 3.74. The molecule has 2 aromatic rings. The van der Waals surface area contributed by atoms with Crippen molar-refractivity contribution in [3.63, 3.8) is 0 Å². The predicted molar refractivity (Wildman–Crippen MR) is 95.0 cm³/mol. The molecule has 144 valence electrons. The Labute approximate surface area is 156 Å². The van der Waals surface area contributed by atoms with Gasteiger partial charge in [0.1, 0.15) is 18.4 Å². The van der Waals surface area contributed by atoms with Crippen LogP contribution in [-0.2, 0) is 11.4 Å². The van der Waals surface area contributed by atoms with Crippen LogP contribution in [0.1, 0.15) is 40.2 Å². The van der Waals surface area contributed by atoms with Gasteiger partial charge >= 0.3 is 5.97 Å². The van der Waals surface area contributed by atoms with Crippen molar-refractivity contribution in [2.24, 2.45) is 0 Å². The first kappa shape index (κ1) is 18.8. The molecule has 1 atom stereocenters. The van der Waals surface area contributed by atoms with Gasteiger partial charge in [-0.3, -0.25) is 4.79 Å². The Balaban J connectivity index is 1.78. The van der Waals surface area contributed by atoms with E-state index in [2.05, 4.69) is 5.16 Å². The number of rotatable bonds is 6. The fourth-order valence-corrected chi connectivity index (χ4v) is 3.21. The number of aromatic nitrogens is 1. The van der Waals surface area contributed by atoms with E-state index < -0.39 is 12.0 Å². The summed E-state index contributed by atoms with van der Waals surface area (Å²) in [4.78, 5) is 25.4. The molecule has 1 saturated heterocycles. The third-order valence-corrected chi connectivity index (χ3v) is 4.76. The Morgan fingerprint density at radius 1 is 1.33 bits per heavy atom. The van der Waals surface area contributed by atoms with Gasteiger partial charge in [-0.1, -0.05) is 5.16 Å². The number of ether oxygens (including phenoxy) is 2. The number of likely N-dealkylation sites (tertiary alicyclic amines) is 1. The largest absolute Gasteiger partial charge is 0.493 e. The molecule has 1 aromatic carbocycles. The molecule has 1 fully saturated rings. The first-order valence-corrected chi connectivity index (χ1v) is 8.68. The number of hydrogen-bond donors (Lipinski definition) is 1. The maximum Gasteiger partial charge on any atom is 0.326 e. The number of carboxylic acid groups (broad SMARTS) is 1. The van der Waals surface area contributed by atoms with Crippen molar-refractivity contribution in [3.05, 3.63) is 40.8 Å². The van der Waals surface area contributed by atoms with Crippen LogP contribution >= 0.6 is 0 Å². The van der Waals surface area contributed by atoms with E-state index in [1.165, 1.54) is 12.0 Å². The second kappa shape index (κ2) is 7.69. The number of hydrogen-bond acceptors (Lipinski definition) is 6. The molecule has 1 amide bonds. The number of amides is 1. The zero-order valence-electron chi connectivity index (χ0n) is 15.5. The molecule has 3 rings (SSSR count). The van der Waals surface area contributed by atoms with Crippen molar-refractivity contribution in [2.45, 2.75) is 39.3 Å². The zero-order chi connectivity index (χ0) is 19.6. The number of aliphatic carboxylic acids is 1. The molecule has 0 spiro atoms. The van der Waals surface area contributed by atoms with Gasteiger partial charge in [-0.2, -0.15) is 0 Å². The van der Waals surface area contributed by atoms with Crippen LogP contribution in [0, 0.1) is 13.8 Å². The smallest absolute Gasteiger partial charge is 0.326 e. The molecule has 0 saturated carbocycles. The van der Waals surface area contributed by atoms with Crippen LogP contribution in [0.2, 0.25) is 0 Å². The summed E-state index contributed by atoms with van der Waals surface area (Å²) >= 11 is 0. The number of methoxy groups -OCH3 is 1. The van der Waals surface area contributed by atoms with E-state index in [9.17, 15) is 14.7 Å². The summed E-state index contributed by atoms with van der Waals surface area (Å²) in [5.74, 6) is 0.263. The Morgan fingerprint density at radius 2 is 2.11 bits per heavy atom. The third-order valence-electron chi connectivity index (χ3n) is 4.76. The highest BCUT2D eigenvalue weighted by atomic mass is 16.5. The van der Waals surface area contributed by atoms with Crippen molar-refractivity contribution in [1.82, 2.24) is 10.1 Å². The minimum Gasteiger partial charge on any atom is -0.493 e. The molecule has 0 bridgehead atoms. The number of nitrogens with zero attached hydrogens (tertiary/aromatic N) is 2. The maximum absolute atomic E-state index is 12.7. The van der Waals surface area contributed by atoms with Crippen molar-refractivity contribution < 1.29 is 28.7 Å². The molecule has 1 aliphatic rings. The van der Waals surface area contributed by atoms with Crippen LogP contribution in [0.15, 0.2) is 22.7 Å². The molecule has 1 aromatic heterocycles. The van der Waals surface area contributed by atoms with Gasteiger partial charge in [-0.25, -0.2) is 4.79 Å². The fraction of sp³-hybridized carbons (Fsp3) is 0.421. The molecule has 1 aliphatic heterocycles. The van der Waals surface area contributed by atoms with Crippen LogP contribution < -0.4 is 9.47 Å². The first-order chi connectivity index (χ1) is 12.9. The van der Waals surface area contributed by atoms with Crippen LogP contribution in [-0.4, -0.2) is 46.7 Å². The molecular weight excluding hydrogens is 352 g/mol. The second-order valence-corrected chi connectivity index (χ2v) is 6.45. The van der Waals surface area contributed by atoms with Crippen LogP contribution in [0.4, 0.5) is 0 Å². The van der Waals surface area contributed by atoms with Gasteiger partial charge in [-0.05, 0) is 44.9 Å². The molecule has 0 aliphatic carbocycles. The average molecular weight is 374 g/mol. The van der Waals surface area contributed by atoms with Gasteiger partial charge in [0.05, 0.1) is 18.4 Å². The summed E-state index contributed by atoms with van der Waals surface area (Å²) < 4.78 is 16.3. The van der Waals surface area contributed by atoms with E-state index in [4.69, 9.17) is 14.0 Å². The minimum absolute atomic E-state index is 0.262. The summed E-state index contributed by atoms with van der Waals surface area (Å²) in [7, 11) is 1.49. The van der Waals surface area contributed by atoms with Crippen LogP contribution in [0.3, 0.4) is 0 Å². The second-order valence-electron chi connectivity index (χ2n) is 6.45. The van der Waals surface area contributed by atoms with E-state index in [1.807, 2.05) is 13.8 Å². The number of benzene rings is 1. The van der Waals surface area contributed by atoms with Gasteiger partial charge in [0.25, 0.3) is 5.91 Å². The Bertz CT molecular complexity index is 840. The summed E-state index contributed by atoms with van der Waals surface area (Å²) in [5, 5.41) is 13.2. The van der Waals surface area contributed by atoms with E-state index in [-0.39, 0.29) is 12.5 Å². The highest BCUT2D eigenvalue weighted by Gasteiger charge is 2.34. The summed E-state index contributed by atoms with van der Waals surface area (Å²) in [6.45, 7) is 4.34. The lowest BCUT2D eigenvalue weighted by Gasteiger charge is -2.22. The fourth-order valence-electron chi connectivity index (χ4n) is 3.21. The summed E-state index contributed by atoms with van der Waals surface area (Å²) in [5.41, 5.74) is 1.98. The van der Waals surface area contributed by atoms with Crippen molar-refractivity contribution in [2.75, 3.05) is 13.7 Å². The predicted octanol–water partition coefficient (Wildman–Crippen LogP) is 2.57. The lowest BCUT2D eigenvalue weighted by molar-refractivity contribution is -0.141. The number of carbonyl (C=O) groups excluding carboxylic acids is 1. The van der Waals surface area contributed by atoms with Crippen molar-refractivity contribution in [3.8, 4) is 11.5 Å². The van der Waals surface area contributed by atoms with Crippen molar-refractivity contribution >= 4 is 11.9 Å². The Hall–Kier alpha value is -3.03. The molecular formula is C19H22N2O6. The molecule has 1 N–H and O–H groups in total. The van der Waals surface area contributed by atoms with Crippen LogP contribution in [0.5, 0.6) is 11.5 Å². The van der Waals surface area contributed by atoms with Gasteiger partial charge in [0.15, 0.2) is 11.5 Å². The monoisotopic (exact) mass is 374 g/mol. The molecule has 8 heteroatoms. The minimum atomic E-state index is -0.979. The molecule has 27 heavy (non-hydrogen) atoms. The van der Waals surface area contributed by atoms with Crippen LogP contribution in [0.25, 0.3) is 0 Å². The van der Waals surface area contributed by atoms with Gasteiger partial charge < -0.3 is 24.0 Å². The molecule has 0 unspecified atom stereocenters. The van der Waals surface area contributed by atoms with E-state index >= 15 is 0 Å². The number of carboxylic acids is 1. The first-order valence-electron chi connectivity index (χ1n) is 8.68. The summed E-state index contributed by atoms with van der Waals surface area (Å²) in [6.07, 6.45) is 1.15. The molecule has 8 nitrogen and oxygen atoms in total. The van der Waals surface area contributed by atoms with E-state index in [0.717, 1.165) is 11.3 Å². The quantitative estimate of drug-likeness (QED) is 0.829. The number of aryl methyl sites for hydroxylation is 2. The lowest BCUT2D eigenvalue weighted by Crippen LogP contribution is -2.40. The van der Waals surface area contributed by atoms with Gasteiger partial charge in [0, 0.05) is 12.1 Å². The Kier molecular flexibility index (Phi) is 5.34.